The summed E-state index contributed by atoms with van der Waals surface area (Å²) < 4.78 is 2.99. The van der Waals surface area contributed by atoms with Gasteiger partial charge in [0.2, 0.25) is 0 Å². The highest BCUT2D eigenvalue weighted by molar-refractivity contribution is 9.10. The second kappa shape index (κ2) is 4.30. The van der Waals surface area contributed by atoms with Gasteiger partial charge in [-0.05, 0) is 53.4 Å². The Hall–Kier alpha value is -0.510. The van der Waals surface area contributed by atoms with Crippen LogP contribution in [0.4, 0.5) is 5.82 Å². The third-order valence-electron chi connectivity index (χ3n) is 3.34. The molecule has 17 heavy (non-hydrogen) atoms. The summed E-state index contributed by atoms with van der Waals surface area (Å²) in [6, 6.07) is 0.431. The molecule has 1 saturated carbocycles. The normalized spacial score (nSPS) is 18.4. The van der Waals surface area contributed by atoms with Crippen molar-refractivity contribution in [1.82, 2.24) is 9.78 Å². The Kier molecular flexibility index (Phi) is 3.27. The molecular formula is C13H22BrN3. The van der Waals surface area contributed by atoms with Crippen LogP contribution in [-0.2, 0) is 6.42 Å². The second-order valence-electron chi connectivity index (χ2n) is 6.41. The van der Waals surface area contributed by atoms with Crippen molar-refractivity contribution in [3.8, 4) is 0 Å². The first-order chi connectivity index (χ1) is 7.79. The highest BCUT2D eigenvalue weighted by atomic mass is 79.9. The van der Waals surface area contributed by atoms with Gasteiger partial charge in [0.25, 0.3) is 0 Å². The smallest absolute Gasteiger partial charge is 0.136 e. The molecule has 2 rings (SSSR count). The molecule has 1 aliphatic rings. The Balaban J connectivity index is 2.26. The summed E-state index contributed by atoms with van der Waals surface area (Å²) in [5.74, 6) is 1.55. The van der Waals surface area contributed by atoms with Crippen LogP contribution in [0.3, 0.4) is 0 Å². The van der Waals surface area contributed by atoms with Gasteiger partial charge in [-0.15, -0.1) is 0 Å². The van der Waals surface area contributed by atoms with Crippen LogP contribution < -0.4 is 5.73 Å². The molecule has 1 atom stereocenters. The quantitative estimate of drug-likeness (QED) is 0.923. The Bertz CT molecular complexity index is 413. The number of aromatic nitrogens is 2. The van der Waals surface area contributed by atoms with Crippen LogP contribution in [0.25, 0.3) is 0 Å². The largest absolute Gasteiger partial charge is 0.383 e. The molecule has 0 aromatic carbocycles. The molecular weight excluding hydrogens is 278 g/mol. The molecule has 1 aromatic heterocycles. The number of halogens is 1. The van der Waals surface area contributed by atoms with Crippen molar-refractivity contribution in [2.24, 2.45) is 11.3 Å². The van der Waals surface area contributed by atoms with Crippen molar-refractivity contribution < 1.29 is 0 Å². The highest BCUT2D eigenvalue weighted by Gasteiger charge is 2.32. The lowest BCUT2D eigenvalue weighted by Crippen LogP contribution is -2.13. The zero-order chi connectivity index (χ0) is 12.8. The Morgan fingerprint density at radius 2 is 2.06 bits per heavy atom. The van der Waals surface area contributed by atoms with Crippen molar-refractivity contribution in [3.05, 3.63) is 10.2 Å². The summed E-state index contributed by atoms with van der Waals surface area (Å²) in [5.41, 5.74) is 7.46. The lowest BCUT2D eigenvalue weighted by atomic mass is 9.91. The molecule has 4 heteroatoms. The van der Waals surface area contributed by atoms with Gasteiger partial charge >= 0.3 is 0 Å². The highest BCUT2D eigenvalue weighted by Crippen LogP contribution is 2.41. The molecule has 1 aliphatic carbocycles. The van der Waals surface area contributed by atoms with Crippen LogP contribution in [0.1, 0.15) is 52.3 Å². The van der Waals surface area contributed by atoms with E-state index in [1.807, 2.05) is 4.68 Å². The maximum Gasteiger partial charge on any atom is 0.136 e. The zero-order valence-corrected chi connectivity index (χ0v) is 12.7. The lowest BCUT2D eigenvalue weighted by Gasteiger charge is -2.16. The van der Waals surface area contributed by atoms with Crippen molar-refractivity contribution in [1.29, 1.82) is 0 Å². The second-order valence-corrected chi connectivity index (χ2v) is 7.20. The van der Waals surface area contributed by atoms with Gasteiger partial charge in [-0.25, -0.2) is 4.68 Å². The summed E-state index contributed by atoms with van der Waals surface area (Å²) in [6.45, 7) is 8.88. The van der Waals surface area contributed by atoms with Gasteiger partial charge in [0.1, 0.15) is 5.82 Å². The minimum atomic E-state index is 0.233. The minimum absolute atomic E-state index is 0.233. The van der Waals surface area contributed by atoms with E-state index >= 15 is 0 Å². The van der Waals surface area contributed by atoms with Crippen molar-refractivity contribution >= 4 is 21.7 Å². The van der Waals surface area contributed by atoms with E-state index in [0.29, 0.717) is 6.04 Å². The molecule has 96 valence electrons. The Labute approximate surface area is 112 Å². The van der Waals surface area contributed by atoms with E-state index in [4.69, 9.17) is 10.8 Å². The minimum Gasteiger partial charge on any atom is -0.383 e. The van der Waals surface area contributed by atoms with Crippen molar-refractivity contribution in [2.45, 2.75) is 53.0 Å². The summed E-state index contributed by atoms with van der Waals surface area (Å²) in [4.78, 5) is 0. The molecule has 3 nitrogen and oxygen atoms in total. The van der Waals surface area contributed by atoms with Crippen LogP contribution >= 0.6 is 15.9 Å². The number of hydrogen-bond donors (Lipinski definition) is 1. The molecule has 0 saturated heterocycles. The predicted molar refractivity (Wildman–Crippen MR) is 74.9 cm³/mol. The monoisotopic (exact) mass is 299 g/mol. The topological polar surface area (TPSA) is 43.8 Å². The summed E-state index contributed by atoms with van der Waals surface area (Å²) in [7, 11) is 0. The van der Waals surface area contributed by atoms with Gasteiger partial charge in [-0.3, -0.25) is 0 Å². The van der Waals surface area contributed by atoms with Crippen LogP contribution in [0.15, 0.2) is 4.47 Å². The van der Waals surface area contributed by atoms with Gasteiger partial charge in [0, 0.05) is 0 Å². The average molecular weight is 300 g/mol. The Morgan fingerprint density at radius 1 is 1.47 bits per heavy atom. The van der Waals surface area contributed by atoms with Crippen LogP contribution in [-0.4, -0.2) is 9.78 Å². The summed E-state index contributed by atoms with van der Waals surface area (Å²) in [5, 5.41) is 4.70. The fraction of sp³-hybridized carbons (Fsp3) is 0.769. The number of nitrogens with zero attached hydrogens (tertiary/aromatic N) is 2. The maximum atomic E-state index is 6.14. The van der Waals surface area contributed by atoms with E-state index in [2.05, 4.69) is 43.6 Å². The molecule has 1 unspecified atom stereocenters. The number of nitrogen functional groups attached to an aromatic ring is 1. The van der Waals surface area contributed by atoms with E-state index in [-0.39, 0.29) is 5.41 Å². The number of rotatable bonds is 3. The molecule has 1 fully saturated rings. The maximum absolute atomic E-state index is 6.14. The van der Waals surface area contributed by atoms with E-state index in [1.54, 1.807) is 0 Å². The molecule has 1 heterocycles. The molecule has 1 aromatic rings. The molecule has 0 spiro atoms. The van der Waals surface area contributed by atoms with Crippen LogP contribution in [0.2, 0.25) is 0 Å². The van der Waals surface area contributed by atoms with Gasteiger partial charge in [-0.1, -0.05) is 20.8 Å². The fourth-order valence-electron chi connectivity index (χ4n) is 2.18. The first kappa shape index (κ1) is 12.9. The predicted octanol–water partition coefficient (Wildman–Crippen LogP) is 3.79. The van der Waals surface area contributed by atoms with Gasteiger partial charge < -0.3 is 5.73 Å². The zero-order valence-electron chi connectivity index (χ0n) is 11.1. The number of anilines is 1. The SMILES string of the molecule is CC(C1CC1)n1nc(CC(C)(C)C)c(Br)c1N. The lowest BCUT2D eigenvalue weighted by molar-refractivity contribution is 0.393. The molecule has 0 bridgehead atoms. The Morgan fingerprint density at radius 3 is 2.53 bits per heavy atom. The molecule has 2 N–H and O–H groups in total. The number of hydrogen-bond acceptors (Lipinski definition) is 2. The average Bonchev–Trinajstić information content (AvgIpc) is 2.99. The van der Waals surface area contributed by atoms with E-state index < -0.39 is 0 Å². The summed E-state index contributed by atoms with van der Waals surface area (Å²) in [6.07, 6.45) is 3.57. The first-order valence-electron chi connectivity index (χ1n) is 6.32. The van der Waals surface area contributed by atoms with E-state index in [0.717, 1.165) is 28.3 Å². The van der Waals surface area contributed by atoms with Crippen molar-refractivity contribution in [3.63, 3.8) is 0 Å². The third-order valence-corrected chi connectivity index (χ3v) is 4.21. The van der Waals surface area contributed by atoms with Gasteiger partial charge in [0.15, 0.2) is 0 Å². The molecule has 0 aliphatic heterocycles. The standard InChI is InChI=1S/C13H22BrN3/c1-8(9-5-6-9)17-12(15)11(14)10(16-17)7-13(2,3)4/h8-9H,5-7,15H2,1-4H3. The first-order valence-corrected chi connectivity index (χ1v) is 7.11. The van der Waals surface area contributed by atoms with Crippen LogP contribution in [0, 0.1) is 11.3 Å². The van der Waals surface area contributed by atoms with Gasteiger partial charge in [-0.2, -0.15) is 5.10 Å². The van der Waals surface area contributed by atoms with E-state index in [9.17, 15) is 0 Å². The van der Waals surface area contributed by atoms with Gasteiger partial charge in [0.05, 0.1) is 16.2 Å². The number of nitrogens with two attached hydrogens (primary N) is 1. The van der Waals surface area contributed by atoms with Crippen LogP contribution in [0.5, 0.6) is 0 Å². The third kappa shape index (κ3) is 2.84. The fourth-order valence-corrected chi connectivity index (χ4v) is 2.58. The van der Waals surface area contributed by atoms with Crippen molar-refractivity contribution in [2.75, 3.05) is 5.73 Å². The molecule has 0 radical (unpaired) electrons. The summed E-state index contributed by atoms with van der Waals surface area (Å²) >= 11 is 3.58. The molecule has 0 amide bonds. The van der Waals surface area contributed by atoms with E-state index in [1.165, 1.54) is 12.8 Å².